The molecule has 2 rings (SSSR count). The average Bonchev–Trinajstić information content (AvgIpc) is 2.61. The normalized spacial score (nSPS) is 10.5. The third-order valence-corrected chi connectivity index (χ3v) is 3.18. The molecular formula is C11H13N3S. The first-order valence-corrected chi connectivity index (χ1v) is 5.69. The fourth-order valence-corrected chi connectivity index (χ4v) is 2.43. The van der Waals surface area contributed by atoms with Crippen LogP contribution in [0.5, 0.6) is 0 Å². The fourth-order valence-electron chi connectivity index (χ4n) is 1.46. The lowest BCUT2D eigenvalue weighted by molar-refractivity contribution is 0.954. The molecule has 0 radical (unpaired) electrons. The first kappa shape index (κ1) is 10.3. The van der Waals surface area contributed by atoms with Crippen LogP contribution in [0.2, 0.25) is 0 Å². The lowest BCUT2D eigenvalue weighted by atomic mass is 10.2. The highest BCUT2D eigenvalue weighted by Gasteiger charge is 2.08. The van der Waals surface area contributed by atoms with Crippen LogP contribution in [0.15, 0.2) is 24.5 Å². The van der Waals surface area contributed by atoms with Crippen molar-refractivity contribution >= 4 is 11.3 Å². The summed E-state index contributed by atoms with van der Waals surface area (Å²) in [5.41, 5.74) is 7.70. The molecule has 2 heterocycles. The van der Waals surface area contributed by atoms with Gasteiger partial charge in [0.25, 0.3) is 0 Å². The summed E-state index contributed by atoms with van der Waals surface area (Å²) >= 11 is 1.72. The largest absolute Gasteiger partial charge is 0.330 e. The van der Waals surface area contributed by atoms with Crippen molar-refractivity contribution in [3.63, 3.8) is 0 Å². The van der Waals surface area contributed by atoms with Crippen LogP contribution >= 0.6 is 11.3 Å². The first-order valence-electron chi connectivity index (χ1n) is 4.88. The maximum atomic E-state index is 5.52. The summed E-state index contributed by atoms with van der Waals surface area (Å²) in [7, 11) is 0. The maximum absolute atomic E-state index is 5.52. The number of aromatic nitrogens is 2. The molecule has 0 aliphatic carbocycles. The van der Waals surface area contributed by atoms with Gasteiger partial charge in [-0.2, -0.15) is 0 Å². The van der Waals surface area contributed by atoms with Crippen LogP contribution in [0.1, 0.15) is 9.88 Å². The molecule has 0 aromatic carbocycles. The summed E-state index contributed by atoms with van der Waals surface area (Å²) in [4.78, 5) is 9.82. The van der Waals surface area contributed by atoms with Gasteiger partial charge in [-0.3, -0.25) is 4.98 Å². The molecule has 0 amide bonds. The third-order valence-electron chi connectivity index (χ3n) is 2.15. The molecule has 0 unspecified atom stereocenters. The lowest BCUT2D eigenvalue weighted by Crippen LogP contribution is -2.01. The van der Waals surface area contributed by atoms with E-state index >= 15 is 0 Å². The Bertz CT molecular complexity index is 436. The van der Waals surface area contributed by atoms with Crippen LogP contribution in [0.4, 0.5) is 0 Å². The van der Waals surface area contributed by atoms with E-state index in [0.717, 1.165) is 22.7 Å². The molecule has 0 saturated heterocycles. The minimum atomic E-state index is 0.655. The van der Waals surface area contributed by atoms with Crippen molar-refractivity contribution in [1.29, 1.82) is 0 Å². The second-order valence-corrected chi connectivity index (χ2v) is 4.57. The van der Waals surface area contributed by atoms with E-state index in [2.05, 4.69) is 16.9 Å². The lowest BCUT2D eigenvalue weighted by Gasteiger charge is -1.96. The molecule has 78 valence electrons. The average molecular weight is 219 g/mol. The van der Waals surface area contributed by atoms with Crippen molar-refractivity contribution in [3.05, 3.63) is 34.4 Å². The number of nitrogens with two attached hydrogens (primary N) is 1. The SMILES string of the molecule is Cc1sc(CCN)nc1-c1ccncc1. The second kappa shape index (κ2) is 4.51. The van der Waals surface area contributed by atoms with Crippen LogP contribution in [0.3, 0.4) is 0 Å². The summed E-state index contributed by atoms with van der Waals surface area (Å²) in [5, 5.41) is 1.11. The van der Waals surface area contributed by atoms with Gasteiger partial charge in [-0.15, -0.1) is 11.3 Å². The monoisotopic (exact) mass is 219 g/mol. The quantitative estimate of drug-likeness (QED) is 0.859. The number of thiazole rings is 1. The molecule has 0 fully saturated rings. The molecule has 2 aromatic heterocycles. The number of rotatable bonds is 3. The highest BCUT2D eigenvalue weighted by atomic mass is 32.1. The Morgan fingerprint density at radius 2 is 2.07 bits per heavy atom. The fraction of sp³-hybridized carbons (Fsp3) is 0.273. The van der Waals surface area contributed by atoms with Gasteiger partial charge in [0.15, 0.2) is 0 Å². The molecule has 4 heteroatoms. The van der Waals surface area contributed by atoms with E-state index in [0.29, 0.717) is 6.54 Å². The van der Waals surface area contributed by atoms with Crippen LogP contribution in [-0.4, -0.2) is 16.5 Å². The van der Waals surface area contributed by atoms with Crippen LogP contribution in [0.25, 0.3) is 11.3 Å². The van der Waals surface area contributed by atoms with Crippen molar-refractivity contribution < 1.29 is 0 Å². The Morgan fingerprint density at radius 3 is 2.73 bits per heavy atom. The summed E-state index contributed by atoms with van der Waals surface area (Å²) < 4.78 is 0. The number of pyridine rings is 1. The molecule has 0 spiro atoms. The van der Waals surface area contributed by atoms with Gasteiger partial charge in [0, 0.05) is 29.3 Å². The topological polar surface area (TPSA) is 51.8 Å². The van der Waals surface area contributed by atoms with Crippen LogP contribution < -0.4 is 5.73 Å². The number of aryl methyl sites for hydroxylation is 1. The smallest absolute Gasteiger partial charge is 0.0947 e. The molecular weight excluding hydrogens is 206 g/mol. The van der Waals surface area contributed by atoms with Gasteiger partial charge in [0.05, 0.1) is 10.7 Å². The second-order valence-electron chi connectivity index (χ2n) is 3.29. The van der Waals surface area contributed by atoms with Gasteiger partial charge in [-0.05, 0) is 25.6 Å². The van der Waals surface area contributed by atoms with Crippen LogP contribution in [-0.2, 0) is 6.42 Å². The molecule has 2 aromatic rings. The Labute approximate surface area is 93.0 Å². The van der Waals surface area contributed by atoms with E-state index < -0.39 is 0 Å². The molecule has 3 nitrogen and oxygen atoms in total. The van der Waals surface area contributed by atoms with E-state index in [1.807, 2.05) is 12.1 Å². The highest BCUT2D eigenvalue weighted by Crippen LogP contribution is 2.26. The van der Waals surface area contributed by atoms with Gasteiger partial charge >= 0.3 is 0 Å². The standard InChI is InChI=1S/C11H13N3S/c1-8-11(9-3-6-13-7-4-9)14-10(15-8)2-5-12/h3-4,6-7H,2,5,12H2,1H3. The molecule has 0 aliphatic heterocycles. The number of hydrogen-bond donors (Lipinski definition) is 1. The van der Waals surface area contributed by atoms with E-state index in [1.54, 1.807) is 23.7 Å². The van der Waals surface area contributed by atoms with E-state index in [9.17, 15) is 0 Å². The molecule has 2 N–H and O–H groups in total. The van der Waals surface area contributed by atoms with E-state index in [4.69, 9.17) is 5.73 Å². The van der Waals surface area contributed by atoms with Gasteiger partial charge in [-0.1, -0.05) is 0 Å². The molecule has 0 aliphatic rings. The van der Waals surface area contributed by atoms with Crippen molar-refractivity contribution in [2.75, 3.05) is 6.54 Å². The van der Waals surface area contributed by atoms with Gasteiger partial charge in [-0.25, -0.2) is 4.98 Å². The summed E-state index contributed by atoms with van der Waals surface area (Å²) in [6.07, 6.45) is 4.43. The summed E-state index contributed by atoms with van der Waals surface area (Å²) in [6.45, 7) is 2.75. The number of hydrogen-bond acceptors (Lipinski definition) is 4. The van der Waals surface area contributed by atoms with Gasteiger partial charge in [0.2, 0.25) is 0 Å². The minimum Gasteiger partial charge on any atom is -0.330 e. The van der Waals surface area contributed by atoms with Crippen molar-refractivity contribution in [1.82, 2.24) is 9.97 Å². The predicted octanol–water partition coefficient (Wildman–Crippen LogP) is 2.01. The molecule has 0 bridgehead atoms. The van der Waals surface area contributed by atoms with Crippen molar-refractivity contribution in [2.24, 2.45) is 5.73 Å². The number of nitrogens with zero attached hydrogens (tertiary/aromatic N) is 2. The zero-order valence-electron chi connectivity index (χ0n) is 8.60. The summed E-state index contributed by atoms with van der Waals surface area (Å²) in [5.74, 6) is 0. The molecule has 15 heavy (non-hydrogen) atoms. The van der Waals surface area contributed by atoms with E-state index in [-0.39, 0.29) is 0 Å². The highest BCUT2D eigenvalue weighted by molar-refractivity contribution is 7.12. The third kappa shape index (κ3) is 2.22. The Balaban J connectivity index is 2.36. The predicted molar refractivity (Wildman–Crippen MR) is 62.8 cm³/mol. The zero-order chi connectivity index (χ0) is 10.7. The molecule has 0 saturated carbocycles. The first-order chi connectivity index (χ1) is 7.31. The summed E-state index contributed by atoms with van der Waals surface area (Å²) in [6, 6.07) is 3.96. The van der Waals surface area contributed by atoms with Gasteiger partial charge in [0.1, 0.15) is 0 Å². The Kier molecular flexibility index (Phi) is 3.08. The Hall–Kier alpha value is -1.26. The van der Waals surface area contributed by atoms with Crippen molar-refractivity contribution in [3.8, 4) is 11.3 Å². The molecule has 0 atom stereocenters. The Morgan fingerprint density at radius 1 is 1.33 bits per heavy atom. The zero-order valence-corrected chi connectivity index (χ0v) is 9.42. The van der Waals surface area contributed by atoms with E-state index in [1.165, 1.54) is 4.88 Å². The van der Waals surface area contributed by atoms with Crippen LogP contribution in [0, 0.1) is 6.92 Å². The van der Waals surface area contributed by atoms with Gasteiger partial charge < -0.3 is 5.73 Å². The minimum absolute atomic E-state index is 0.655. The maximum Gasteiger partial charge on any atom is 0.0947 e. The van der Waals surface area contributed by atoms with Crippen molar-refractivity contribution in [2.45, 2.75) is 13.3 Å².